The van der Waals surface area contributed by atoms with E-state index >= 15 is 0 Å². The summed E-state index contributed by atoms with van der Waals surface area (Å²) in [4.78, 5) is 0. The predicted octanol–water partition coefficient (Wildman–Crippen LogP) is 3.70. The molecule has 3 N–H and O–H groups in total. The van der Waals surface area contributed by atoms with Gasteiger partial charge in [-0.05, 0) is 42.2 Å². The average Bonchev–Trinajstić information content (AvgIpc) is 2.34. The van der Waals surface area contributed by atoms with Crippen molar-refractivity contribution in [2.75, 3.05) is 0 Å². The van der Waals surface area contributed by atoms with Crippen LogP contribution >= 0.6 is 0 Å². The van der Waals surface area contributed by atoms with Gasteiger partial charge in [0.1, 0.15) is 5.84 Å². The smallest absolute Gasteiger partial charge is 0.122 e. The number of nitrogens with one attached hydrogen (secondary N) is 1. The maximum atomic E-state index is 7.48. The van der Waals surface area contributed by atoms with Gasteiger partial charge in [-0.3, -0.25) is 5.41 Å². The average molecular weight is 274 g/mol. The molecule has 1 aromatic rings. The van der Waals surface area contributed by atoms with E-state index in [9.17, 15) is 0 Å². The topological polar surface area (TPSA) is 59.1 Å². The molecule has 1 saturated carbocycles. The highest BCUT2D eigenvalue weighted by Crippen LogP contribution is 2.39. The van der Waals surface area contributed by atoms with Gasteiger partial charge in [0.15, 0.2) is 0 Å². The van der Waals surface area contributed by atoms with E-state index in [0.29, 0.717) is 18.1 Å². The SMILES string of the molecule is CC1CC(OCc2cccc(C(=N)N)c2)CC(C)(C)C1. The normalized spacial score (nSPS) is 25.4. The van der Waals surface area contributed by atoms with Gasteiger partial charge < -0.3 is 10.5 Å². The number of hydrogen-bond donors (Lipinski definition) is 2. The molecule has 2 atom stereocenters. The molecule has 2 rings (SSSR count). The Morgan fingerprint density at radius 3 is 2.80 bits per heavy atom. The summed E-state index contributed by atoms with van der Waals surface area (Å²) >= 11 is 0. The number of rotatable bonds is 4. The molecular weight excluding hydrogens is 248 g/mol. The third kappa shape index (κ3) is 4.07. The minimum atomic E-state index is 0.110. The van der Waals surface area contributed by atoms with E-state index in [1.807, 2.05) is 24.3 Å². The van der Waals surface area contributed by atoms with Gasteiger partial charge in [0.25, 0.3) is 0 Å². The van der Waals surface area contributed by atoms with Crippen molar-refractivity contribution in [2.24, 2.45) is 17.1 Å². The van der Waals surface area contributed by atoms with Gasteiger partial charge in [-0.2, -0.15) is 0 Å². The fourth-order valence-corrected chi connectivity index (χ4v) is 3.43. The number of nitrogens with two attached hydrogens (primary N) is 1. The highest BCUT2D eigenvalue weighted by molar-refractivity contribution is 5.95. The summed E-state index contributed by atoms with van der Waals surface area (Å²) in [6, 6.07) is 7.77. The van der Waals surface area contributed by atoms with Crippen molar-refractivity contribution in [3.8, 4) is 0 Å². The molecule has 1 fully saturated rings. The molecule has 0 bridgehead atoms. The lowest BCUT2D eigenvalue weighted by atomic mass is 9.71. The summed E-state index contributed by atoms with van der Waals surface area (Å²) in [5, 5.41) is 7.48. The summed E-state index contributed by atoms with van der Waals surface area (Å²) in [6.07, 6.45) is 3.90. The van der Waals surface area contributed by atoms with Crippen LogP contribution in [-0.2, 0) is 11.3 Å². The van der Waals surface area contributed by atoms with Gasteiger partial charge >= 0.3 is 0 Å². The van der Waals surface area contributed by atoms with E-state index in [-0.39, 0.29) is 5.84 Å². The summed E-state index contributed by atoms with van der Waals surface area (Å²) in [6.45, 7) is 7.58. The monoisotopic (exact) mass is 274 g/mol. The Morgan fingerprint density at radius 2 is 2.15 bits per heavy atom. The van der Waals surface area contributed by atoms with Crippen molar-refractivity contribution in [1.82, 2.24) is 0 Å². The molecule has 3 heteroatoms. The van der Waals surface area contributed by atoms with Gasteiger partial charge in [0, 0.05) is 5.56 Å². The van der Waals surface area contributed by atoms with Crippen LogP contribution < -0.4 is 5.73 Å². The minimum Gasteiger partial charge on any atom is -0.384 e. The molecule has 2 unspecified atom stereocenters. The molecule has 0 heterocycles. The van der Waals surface area contributed by atoms with Crippen molar-refractivity contribution in [1.29, 1.82) is 5.41 Å². The van der Waals surface area contributed by atoms with Crippen LogP contribution in [0.5, 0.6) is 0 Å². The van der Waals surface area contributed by atoms with E-state index in [0.717, 1.165) is 29.9 Å². The van der Waals surface area contributed by atoms with Gasteiger partial charge in [-0.15, -0.1) is 0 Å². The summed E-state index contributed by atoms with van der Waals surface area (Å²) in [5.41, 5.74) is 7.75. The maximum absolute atomic E-state index is 7.48. The maximum Gasteiger partial charge on any atom is 0.122 e. The van der Waals surface area contributed by atoms with Gasteiger partial charge in [0.2, 0.25) is 0 Å². The number of benzene rings is 1. The second-order valence-corrected chi connectivity index (χ2v) is 6.96. The third-order valence-corrected chi connectivity index (χ3v) is 4.07. The molecule has 0 aromatic heterocycles. The van der Waals surface area contributed by atoms with Crippen LogP contribution in [0.4, 0.5) is 0 Å². The van der Waals surface area contributed by atoms with Crippen LogP contribution in [0.25, 0.3) is 0 Å². The molecule has 0 spiro atoms. The second kappa shape index (κ2) is 5.96. The molecule has 1 aliphatic carbocycles. The highest BCUT2D eigenvalue weighted by atomic mass is 16.5. The zero-order valence-corrected chi connectivity index (χ0v) is 12.8. The lowest BCUT2D eigenvalue weighted by Crippen LogP contribution is -2.32. The molecule has 1 aliphatic rings. The molecule has 0 radical (unpaired) electrons. The second-order valence-electron chi connectivity index (χ2n) is 6.96. The van der Waals surface area contributed by atoms with Crippen LogP contribution in [0, 0.1) is 16.7 Å². The summed E-state index contributed by atoms with van der Waals surface area (Å²) in [5.74, 6) is 0.839. The van der Waals surface area contributed by atoms with Crippen LogP contribution in [0.1, 0.15) is 51.2 Å². The fraction of sp³-hybridized carbons (Fsp3) is 0.588. The molecular formula is C17H26N2O. The van der Waals surface area contributed by atoms with Crippen LogP contribution in [0.15, 0.2) is 24.3 Å². The first-order chi connectivity index (χ1) is 9.35. The van der Waals surface area contributed by atoms with Crippen LogP contribution in [-0.4, -0.2) is 11.9 Å². The van der Waals surface area contributed by atoms with Crippen molar-refractivity contribution in [2.45, 2.75) is 52.7 Å². The molecule has 3 nitrogen and oxygen atoms in total. The molecule has 20 heavy (non-hydrogen) atoms. The lowest BCUT2D eigenvalue weighted by Gasteiger charge is -2.38. The van der Waals surface area contributed by atoms with Gasteiger partial charge in [0.05, 0.1) is 12.7 Å². The Balaban J connectivity index is 1.95. The molecule has 110 valence electrons. The number of hydrogen-bond acceptors (Lipinski definition) is 2. The molecule has 0 saturated heterocycles. The van der Waals surface area contributed by atoms with E-state index < -0.39 is 0 Å². The van der Waals surface area contributed by atoms with Crippen LogP contribution in [0.2, 0.25) is 0 Å². The lowest BCUT2D eigenvalue weighted by molar-refractivity contribution is -0.0316. The van der Waals surface area contributed by atoms with E-state index in [2.05, 4.69) is 20.8 Å². The quantitative estimate of drug-likeness (QED) is 0.649. The van der Waals surface area contributed by atoms with E-state index in [4.69, 9.17) is 15.9 Å². The Kier molecular flexibility index (Phi) is 4.48. The van der Waals surface area contributed by atoms with Gasteiger partial charge in [-0.25, -0.2) is 0 Å². The van der Waals surface area contributed by atoms with E-state index in [1.54, 1.807) is 0 Å². The van der Waals surface area contributed by atoms with Gasteiger partial charge in [-0.1, -0.05) is 39.0 Å². The third-order valence-electron chi connectivity index (χ3n) is 4.07. The zero-order valence-electron chi connectivity index (χ0n) is 12.8. The zero-order chi connectivity index (χ0) is 14.8. The fourth-order valence-electron chi connectivity index (χ4n) is 3.43. The number of amidine groups is 1. The Labute approximate surface area is 122 Å². The van der Waals surface area contributed by atoms with Crippen molar-refractivity contribution in [3.63, 3.8) is 0 Å². The number of ether oxygens (including phenoxy) is 1. The predicted molar refractivity (Wildman–Crippen MR) is 82.8 cm³/mol. The molecule has 1 aromatic carbocycles. The Bertz CT molecular complexity index is 482. The Morgan fingerprint density at radius 1 is 1.40 bits per heavy atom. The molecule has 0 amide bonds. The largest absolute Gasteiger partial charge is 0.384 e. The van der Waals surface area contributed by atoms with E-state index in [1.165, 1.54) is 6.42 Å². The Hall–Kier alpha value is -1.35. The van der Waals surface area contributed by atoms with Crippen molar-refractivity contribution >= 4 is 5.84 Å². The molecule has 0 aliphatic heterocycles. The van der Waals surface area contributed by atoms with Crippen molar-refractivity contribution in [3.05, 3.63) is 35.4 Å². The summed E-state index contributed by atoms with van der Waals surface area (Å²) in [7, 11) is 0. The highest BCUT2D eigenvalue weighted by Gasteiger charge is 2.32. The first-order valence-electron chi connectivity index (χ1n) is 7.41. The van der Waals surface area contributed by atoms with Crippen molar-refractivity contribution < 1.29 is 4.74 Å². The summed E-state index contributed by atoms with van der Waals surface area (Å²) < 4.78 is 6.10. The number of nitrogen functional groups attached to an aromatic ring is 1. The van der Waals surface area contributed by atoms with Crippen LogP contribution in [0.3, 0.4) is 0 Å². The minimum absolute atomic E-state index is 0.110. The standard InChI is InChI=1S/C17H26N2O/c1-12-7-15(10-17(2,3)9-12)20-11-13-5-4-6-14(8-13)16(18)19/h4-6,8,12,15H,7,9-11H2,1-3H3,(H3,18,19). The first kappa shape index (κ1) is 15.0. The first-order valence-corrected chi connectivity index (χ1v) is 7.41.